The van der Waals surface area contributed by atoms with E-state index in [2.05, 4.69) is 0 Å². The van der Waals surface area contributed by atoms with E-state index in [1.54, 1.807) is 25.3 Å². The van der Waals surface area contributed by atoms with Crippen molar-refractivity contribution in [3.8, 4) is 5.75 Å². The Morgan fingerprint density at radius 3 is 2.42 bits per heavy atom. The van der Waals surface area contributed by atoms with E-state index in [0.29, 0.717) is 16.3 Å². The summed E-state index contributed by atoms with van der Waals surface area (Å²) in [6.45, 7) is 1.90. The molecule has 2 nitrogen and oxygen atoms in total. The fraction of sp³-hybridized carbons (Fsp3) is 0.188. The Balaban J connectivity index is 2.27. The zero-order chi connectivity index (χ0) is 13.8. The summed E-state index contributed by atoms with van der Waals surface area (Å²) in [6.07, 6.45) is 0. The first kappa shape index (κ1) is 13.6. The molecule has 0 aromatic heterocycles. The van der Waals surface area contributed by atoms with Gasteiger partial charge in [0.05, 0.1) is 12.1 Å². The Labute approximate surface area is 118 Å². The molecule has 98 valence electrons. The van der Waals surface area contributed by atoms with Crippen LogP contribution in [-0.4, -0.2) is 12.9 Å². The zero-order valence-corrected chi connectivity index (χ0v) is 11.6. The van der Waals surface area contributed by atoms with E-state index in [4.69, 9.17) is 16.3 Å². The van der Waals surface area contributed by atoms with Crippen molar-refractivity contribution in [1.29, 1.82) is 0 Å². The SMILES string of the molecule is COc1ccc(C(=O)C(C)c2ccccc2)cc1Cl. The van der Waals surface area contributed by atoms with Gasteiger partial charge in [-0.2, -0.15) is 0 Å². The summed E-state index contributed by atoms with van der Waals surface area (Å²) in [5.74, 6) is 0.437. The number of ketones is 1. The third-order valence-corrected chi connectivity index (χ3v) is 3.42. The van der Waals surface area contributed by atoms with Gasteiger partial charge in [0.25, 0.3) is 0 Å². The van der Waals surface area contributed by atoms with Gasteiger partial charge in [-0.25, -0.2) is 0 Å². The lowest BCUT2D eigenvalue weighted by Gasteiger charge is -2.12. The number of carbonyl (C=O) groups excluding carboxylic acids is 1. The maximum absolute atomic E-state index is 12.4. The van der Waals surface area contributed by atoms with E-state index >= 15 is 0 Å². The molecule has 0 aliphatic heterocycles. The average molecular weight is 275 g/mol. The van der Waals surface area contributed by atoms with Crippen LogP contribution in [0.5, 0.6) is 5.75 Å². The molecule has 0 saturated carbocycles. The standard InChI is InChI=1S/C16H15ClO2/c1-11(12-6-4-3-5-7-12)16(18)13-8-9-15(19-2)14(17)10-13/h3-11H,1-2H3. The summed E-state index contributed by atoms with van der Waals surface area (Å²) in [5, 5.41) is 0.452. The molecule has 2 rings (SSSR count). The first-order valence-corrected chi connectivity index (χ1v) is 6.44. The molecule has 2 aromatic rings. The lowest BCUT2D eigenvalue weighted by molar-refractivity contribution is 0.0966. The largest absolute Gasteiger partial charge is 0.495 e. The van der Waals surface area contributed by atoms with Crippen LogP contribution >= 0.6 is 11.6 Å². The zero-order valence-electron chi connectivity index (χ0n) is 10.9. The van der Waals surface area contributed by atoms with Crippen molar-refractivity contribution in [3.63, 3.8) is 0 Å². The van der Waals surface area contributed by atoms with E-state index in [9.17, 15) is 4.79 Å². The number of halogens is 1. The van der Waals surface area contributed by atoms with Crippen LogP contribution in [0.1, 0.15) is 28.8 Å². The number of carbonyl (C=O) groups is 1. The van der Waals surface area contributed by atoms with Gasteiger partial charge in [0.1, 0.15) is 5.75 Å². The van der Waals surface area contributed by atoms with Crippen molar-refractivity contribution in [2.24, 2.45) is 0 Å². The van der Waals surface area contributed by atoms with Crippen LogP contribution in [0.2, 0.25) is 5.02 Å². The second-order valence-corrected chi connectivity index (χ2v) is 4.75. The predicted octanol–water partition coefficient (Wildman–Crippen LogP) is 4.34. The van der Waals surface area contributed by atoms with Gasteiger partial charge < -0.3 is 4.74 Å². The minimum atomic E-state index is -0.189. The van der Waals surface area contributed by atoms with Crippen molar-refractivity contribution in [1.82, 2.24) is 0 Å². The molecule has 0 spiro atoms. The second-order valence-electron chi connectivity index (χ2n) is 4.35. The monoisotopic (exact) mass is 274 g/mol. The average Bonchev–Trinajstić information content (AvgIpc) is 2.46. The molecule has 0 N–H and O–H groups in total. The van der Waals surface area contributed by atoms with Crippen LogP contribution in [0.25, 0.3) is 0 Å². The molecular weight excluding hydrogens is 260 g/mol. The molecule has 0 radical (unpaired) electrons. The fourth-order valence-electron chi connectivity index (χ4n) is 1.96. The van der Waals surface area contributed by atoms with Gasteiger partial charge in [0, 0.05) is 11.5 Å². The van der Waals surface area contributed by atoms with E-state index in [0.717, 1.165) is 5.56 Å². The highest BCUT2D eigenvalue weighted by molar-refractivity contribution is 6.32. The summed E-state index contributed by atoms with van der Waals surface area (Å²) in [6, 6.07) is 14.8. The fourth-order valence-corrected chi connectivity index (χ4v) is 2.22. The highest BCUT2D eigenvalue weighted by atomic mass is 35.5. The van der Waals surface area contributed by atoms with Crippen molar-refractivity contribution in [3.05, 3.63) is 64.7 Å². The Morgan fingerprint density at radius 2 is 1.84 bits per heavy atom. The summed E-state index contributed by atoms with van der Waals surface area (Å²) in [5.41, 5.74) is 1.60. The summed E-state index contributed by atoms with van der Waals surface area (Å²) in [4.78, 5) is 12.4. The van der Waals surface area contributed by atoms with Gasteiger partial charge in [0.2, 0.25) is 0 Å². The van der Waals surface area contributed by atoms with Crippen molar-refractivity contribution in [2.45, 2.75) is 12.8 Å². The van der Waals surface area contributed by atoms with Gasteiger partial charge in [-0.05, 0) is 23.8 Å². The highest BCUT2D eigenvalue weighted by Gasteiger charge is 2.17. The molecule has 0 saturated heterocycles. The molecule has 1 atom stereocenters. The number of ether oxygens (including phenoxy) is 1. The third kappa shape index (κ3) is 2.96. The van der Waals surface area contributed by atoms with Gasteiger partial charge >= 0.3 is 0 Å². The van der Waals surface area contributed by atoms with Gasteiger partial charge in [0.15, 0.2) is 5.78 Å². The van der Waals surface area contributed by atoms with Gasteiger partial charge in [-0.3, -0.25) is 4.79 Å². The number of hydrogen-bond acceptors (Lipinski definition) is 2. The summed E-state index contributed by atoms with van der Waals surface area (Å²) in [7, 11) is 1.55. The van der Waals surface area contributed by atoms with E-state index < -0.39 is 0 Å². The van der Waals surface area contributed by atoms with Crippen LogP contribution in [0.4, 0.5) is 0 Å². The maximum Gasteiger partial charge on any atom is 0.170 e. The molecule has 19 heavy (non-hydrogen) atoms. The molecule has 0 heterocycles. The van der Waals surface area contributed by atoms with Crippen LogP contribution in [0.15, 0.2) is 48.5 Å². The van der Waals surface area contributed by atoms with Crippen molar-refractivity contribution in [2.75, 3.05) is 7.11 Å². The maximum atomic E-state index is 12.4. The highest BCUT2D eigenvalue weighted by Crippen LogP contribution is 2.28. The number of methoxy groups -OCH3 is 1. The normalized spacial score (nSPS) is 11.9. The smallest absolute Gasteiger partial charge is 0.170 e. The first-order chi connectivity index (χ1) is 9.13. The molecule has 0 bridgehead atoms. The van der Waals surface area contributed by atoms with Crippen LogP contribution < -0.4 is 4.74 Å². The Morgan fingerprint density at radius 1 is 1.16 bits per heavy atom. The summed E-state index contributed by atoms with van der Waals surface area (Å²) < 4.78 is 5.08. The molecule has 0 fully saturated rings. The number of Topliss-reactive ketones (excluding diaryl/α,β-unsaturated/α-hetero) is 1. The van der Waals surface area contributed by atoms with Crippen LogP contribution in [0.3, 0.4) is 0 Å². The van der Waals surface area contributed by atoms with Crippen molar-refractivity contribution >= 4 is 17.4 Å². The van der Waals surface area contributed by atoms with Crippen molar-refractivity contribution < 1.29 is 9.53 Å². The van der Waals surface area contributed by atoms with E-state index in [1.165, 1.54) is 0 Å². The lowest BCUT2D eigenvalue weighted by atomic mass is 9.92. The Kier molecular flexibility index (Phi) is 4.23. The Bertz CT molecular complexity index is 579. The van der Waals surface area contributed by atoms with E-state index in [1.807, 2.05) is 37.3 Å². The molecule has 1 unspecified atom stereocenters. The second kappa shape index (κ2) is 5.89. The molecule has 0 aliphatic rings. The van der Waals surface area contributed by atoms with Gasteiger partial charge in [-0.1, -0.05) is 48.9 Å². The van der Waals surface area contributed by atoms with Gasteiger partial charge in [-0.15, -0.1) is 0 Å². The number of hydrogen-bond donors (Lipinski definition) is 0. The lowest BCUT2D eigenvalue weighted by Crippen LogP contribution is -2.09. The minimum Gasteiger partial charge on any atom is -0.495 e. The first-order valence-electron chi connectivity index (χ1n) is 6.06. The molecule has 2 aromatic carbocycles. The summed E-state index contributed by atoms with van der Waals surface area (Å²) >= 11 is 6.05. The van der Waals surface area contributed by atoms with Crippen LogP contribution in [0, 0.1) is 0 Å². The Hall–Kier alpha value is -1.80. The topological polar surface area (TPSA) is 26.3 Å². The molecule has 0 aliphatic carbocycles. The number of rotatable bonds is 4. The number of benzene rings is 2. The third-order valence-electron chi connectivity index (χ3n) is 3.13. The quantitative estimate of drug-likeness (QED) is 0.776. The molecule has 0 amide bonds. The molecular formula is C16H15ClO2. The predicted molar refractivity (Wildman–Crippen MR) is 77.2 cm³/mol. The van der Waals surface area contributed by atoms with E-state index in [-0.39, 0.29) is 11.7 Å². The minimum absolute atomic E-state index is 0.0516. The molecule has 3 heteroatoms. The van der Waals surface area contributed by atoms with Crippen LogP contribution in [-0.2, 0) is 0 Å².